The first-order valence-electron chi connectivity index (χ1n) is 18.2. The molecule has 0 spiro atoms. The molecule has 0 heterocycles. The molecule has 0 fully saturated rings. The van der Waals surface area contributed by atoms with Crippen molar-refractivity contribution in [2.45, 2.75) is 0 Å². The number of fused-ring (bicyclic) bond motifs is 2. The van der Waals surface area contributed by atoms with E-state index in [0.29, 0.717) is 0 Å². The summed E-state index contributed by atoms with van der Waals surface area (Å²) >= 11 is 0. The first-order valence-corrected chi connectivity index (χ1v) is 18.2. The number of rotatable bonds is 3. The Kier molecular flexibility index (Phi) is 5.59. The van der Waals surface area contributed by atoms with Gasteiger partial charge in [-0.2, -0.15) is 0 Å². The van der Waals surface area contributed by atoms with E-state index >= 15 is 0 Å². The molecule has 0 aliphatic heterocycles. The van der Waals surface area contributed by atoms with Crippen molar-refractivity contribution in [1.82, 2.24) is 0 Å². The lowest BCUT2D eigenvalue weighted by Gasteiger charge is -2.15. The van der Waals surface area contributed by atoms with E-state index in [1.807, 2.05) is 0 Å². The van der Waals surface area contributed by atoms with Gasteiger partial charge in [-0.05, 0) is 144 Å². The van der Waals surface area contributed by atoms with Crippen LogP contribution in [0.4, 0.5) is 0 Å². The van der Waals surface area contributed by atoms with Gasteiger partial charge in [-0.3, -0.25) is 0 Å². The van der Waals surface area contributed by atoms with Crippen LogP contribution >= 0.6 is 0 Å². The summed E-state index contributed by atoms with van der Waals surface area (Å²) in [4.78, 5) is 0. The summed E-state index contributed by atoms with van der Waals surface area (Å²) in [6.07, 6.45) is 0. The molecule has 0 saturated carbocycles. The summed E-state index contributed by atoms with van der Waals surface area (Å²) in [6, 6.07) is 68.2. The van der Waals surface area contributed by atoms with E-state index < -0.39 is 0 Å². The fourth-order valence-electron chi connectivity index (χ4n) is 9.16. The van der Waals surface area contributed by atoms with Gasteiger partial charge in [-0.15, -0.1) is 0 Å². The van der Waals surface area contributed by atoms with Crippen molar-refractivity contribution < 1.29 is 0 Å². The average molecular weight is 655 g/mol. The quantitative estimate of drug-likeness (QED) is 0.166. The van der Waals surface area contributed by atoms with Crippen LogP contribution in [0.3, 0.4) is 0 Å². The van der Waals surface area contributed by atoms with E-state index in [-0.39, 0.29) is 0 Å². The number of hydrogen-bond acceptors (Lipinski definition) is 0. The third-order valence-electron chi connectivity index (χ3n) is 11.7. The van der Waals surface area contributed by atoms with Crippen LogP contribution in [0.5, 0.6) is 0 Å². The molecule has 0 aliphatic carbocycles. The minimum atomic E-state index is 1.24. The van der Waals surface area contributed by atoms with Gasteiger partial charge in [0.1, 0.15) is 0 Å². The van der Waals surface area contributed by atoms with Gasteiger partial charge in [-0.1, -0.05) is 158 Å². The Hall–Kier alpha value is -6.76. The molecule has 12 aromatic rings. The lowest BCUT2D eigenvalue weighted by molar-refractivity contribution is 1.65. The molecule has 0 nitrogen and oxygen atoms in total. The van der Waals surface area contributed by atoms with Crippen LogP contribution in [0.25, 0.3) is 120 Å². The van der Waals surface area contributed by atoms with Gasteiger partial charge >= 0.3 is 0 Å². The summed E-state index contributed by atoms with van der Waals surface area (Å²) in [5.74, 6) is 0. The number of benzene rings is 12. The first-order chi connectivity index (χ1) is 25.7. The maximum Gasteiger partial charge on any atom is -0.00206 e. The predicted octanol–water partition coefficient (Wildman–Crippen LogP) is 14.8. The first kappa shape index (κ1) is 28.0. The maximum absolute atomic E-state index is 2.35. The predicted molar refractivity (Wildman–Crippen MR) is 225 cm³/mol. The van der Waals surface area contributed by atoms with Gasteiger partial charge in [0.2, 0.25) is 0 Å². The largest absolute Gasteiger partial charge is 0.0610 e. The highest BCUT2D eigenvalue weighted by Gasteiger charge is 2.14. The zero-order valence-electron chi connectivity index (χ0n) is 28.3. The SMILES string of the molecule is c1cc2ccc3ccc(-c4ccc5cc(-c6ccc7cc(-c8ccc9ccc%10cccc%11ccc8c9c%10%11)ccc7c6)ccc5c4)c4ccc(c1)c2c34. The Labute approximate surface area is 300 Å². The lowest BCUT2D eigenvalue weighted by atomic mass is 9.89. The minimum absolute atomic E-state index is 1.24. The van der Waals surface area contributed by atoms with Crippen LogP contribution in [-0.4, -0.2) is 0 Å². The highest BCUT2D eigenvalue weighted by Crippen LogP contribution is 2.42. The molecule has 0 aromatic heterocycles. The summed E-state index contributed by atoms with van der Waals surface area (Å²) < 4.78 is 0. The van der Waals surface area contributed by atoms with Crippen LogP contribution in [0.15, 0.2) is 182 Å². The van der Waals surface area contributed by atoms with Crippen molar-refractivity contribution in [2.75, 3.05) is 0 Å². The molecule has 0 radical (unpaired) electrons. The Morgan fingerprint density at radius 3 is 0.885 bits per heavy atom. The highest BCUT2D eigenvalue weighted by atomic mass is 14.2. The second kappa shape index (κ2) is 10.4. The van der Waals surface area contributed by atoms with E-state index in [9.17, 15) is 0 Å². The molecule has 0 saturated heterocycles. The Balaban J connectivity index is 0.912. The molecule has 238 valence electrons. The van der Waals surface area contributed by atoms with E-state index in [1.165, 1.54) is 120 Å². The lowest BCUT2D eigenvalue weighted by Crippen LogP contribution is -1.88. The van der Waals surface area contributed by atoms with Crippen LogP contribution in [0.1, 0.15) is 0 Å². The molecule has 0 unspecified atom stereocenters. The van der Waals surface area contributed by atoms with Crippen molar-refractivity contribution in [1.29, 1.82) is 0 Å². The Bertz CT molecular complexity index is 3140. The van der Waals surface area contributed by atoms with Crippen LogP contribution in [-0.2, 0) is 0 Å². The second-order valence-electron chi connectivity index (χ2n) is 14.5. The van der Waals surface area contributed by atoms with E-state index in [0.717, 1.165) is 0 Å². The molecule has 52 heavy (non-hydrogen) atoms. The average Bonchev–Trinajstić information content (AvgIpc) is 3.21. The molecular weight excluding hydrogens is 625 g/mol. The van der Waals surface area contributed by atoms with Crippen molar-refractivity contribution >= 4 is 86.2 Å². The van der Waals surface area contributed by atoms with Crippen molar-refractivity contribution in [3.05, 3.63) is 182 Å². The molecule has 0 bridgehead atoms. The molecule has 0 N–H and O–H groups in total. The summed E-state index contributed by atoms with van der Waals surface area (Å²) in [6.45, 7) is 0. The molecule has 12 aromatic carbocycles. The zero-order chi connectivity index (χ0) is 33.9. The monoisotopic (exact) mass is 654 g/mol. The second-order valence-corrected chi connectivity index (χ2v) is 14.5. The van der Waals surface area contributed by atoms with Crippen LogP contribution in [0, 0.1) is 0 Å². The summed E-state index contributed by atoms with van der Waals surface area (Å²) in [5.41, 5.74) is 7.55. The van der Waals surface area contributed by atoms with Crippen molar-refractivity contribution in [2.24, 2.45) is 0 Å². The standard InChI is InChI=1S/C52H30/c1-3-31-7-9-35-19-23-45(47-25-21-33(5-1)49(31)51(35)47)43-17-15-39-27-37(11-13-41(39)29-43)38-12-14-42-30-44(18-16-40(42)28-38)46-24-20-36-10-8-32-4-2-6-34-22-26-48(46)52(36)50(32)34/h1-30H. The van der Waals surface area contributed by atoms with E-state index in [4.69, 9.17) is 0 Å². The third kappa shape index (κ3) is 3.98. The minimum Gasteiger partial charge on any atom is -0.0610 e. The van der Waals surface area contributed by atoms with Crippen LogP contribution in [0.2, 0.25) is 0 Å². The maximum atomic E-state index is 2.35. The van der Waals surface area contributed by atoms with E-state index in [1.54, 1.807) is 0 Å². The normalized spacial score (nSPS) is 12.2. The van der Waals surface area contributed by atoms with Gasteiger partial charge in [-0.25, -0.2) is 0 Å². The third-order valence-corrected chi connectivity index (χ3v) is 11.7. The summed E-state index contributed by atoms with van der Waals surface area (Å²) in [7, 11) is 0. The molecule has 0 heteroatoms. The molecular formula is C52H30. The summed E-state index contributed by atoms with van der Waals surface area (Å²) in [5, 5.41) is 20.9. The topological polar surface area (TPSA) is 0 Å². The van der Waals surface area contributed by atoms with Gasteiger partial charge in [0.05, 0.1) is 0 Å². The van der Waals surface area contributed by atoms with Gasteiger partial charge in [0.15, 0.2) is 0 Å². The van der Waals surface area contributed by atoms with Crippen molar-refractivity contribution in [3.8, 4) is 33.4 Å². The Morgan fingerprint density at radius 2 is 0.481 bits per heavy atom. The van der Waals surface area contributed by atoms with Gasteiger partial charge < -0.3 is 0 Å². The highest BCUT2D eigenvalue weighted by molar-refractivity contribution is 6.27. The Morgan fingerprint density at radius 1 is 0.192 bits per heavy atom. The zero-order valence-corrected chi connectivity index (χ0v) is 28.3. The molecule has 0 aliphatic rings. The molecule has 0 amide bonds. The molecule has 0 atom stereocenters. The fraction of sp³-hybridized carbons (Fsp3) is 0. The van der Waals surface area contributed by atoms with Crippen LogP contribution < -0.4 is 0 Å². The number of hydrogen-bond donors (Lipinski definition) is 0. The van der Waals surface area contributed by atoms with E-state index in [2.05, 4.69) is 182 Å². The fourth-order valence-corrected chi connectivity index (χ4v) is 9.16. The van der Waals surface area contributed by atoms with Gasteiger partial charge in [0, 0.05) is 0 Å². The molecule has 12 rings (SSSR count). The van der Waals surface area contributed by atoms with Gasteiger partial charge in [0.25, 0.3) is 0 Å². The van der Waals surface area contributed by atoms with Crippen molar-refractivity contribution in [3.63, 3.8) is 0 Å². The smallest absolute Gasteiger partial charge is 0.00206 e.